The van der Waals surface area contributed by atoms with Gasteiger partial charge < -0.3 is 10.6 Å². The summed E-state index contributed by atoms with van der Waals surface area (Å²) >= 11 is 1.46. The van der Waals surface area contributed by atoms with E-state index in [1.165, 1.54) is 23.5 Å². The number of halogens is 1. The number of benzene rings is 2. The molecule has 2 N–H and O–H groups in total. The number of pyridine rings is 1. The first kappa shape index (κ1) is 19.7. The normalized spacial score (nSPS) is 10.6. The molecule has 8 heteroatoms. The third-order valence-corrected chi connectivity index (χ3v) is 5.19. The summed E-state index contributed by atoms with van der Waals surface area (Å²) in [6.07, 6.45) is 3.78. The van der Waals surface area contributed by atoms with Crippen molar-refractivity contribution >= 4 is 28.1 Å². The zero-order valence-corrected chi connectivity index (χ0v) is 16.7. The molecule has 2 heterocycles. The average molecular weight is 419 g/mol. The Labute approximate surface area is 176 Å². The maximum atomic E-state index is 13.0. The van der Waals surface area contributed by atoms with Crippen LogP contribution >= 0.6 is 11.3 Å². The summed E-state index contributed by atoms with van der Waals surface area (Å²) in [5.41, 5.74) is 3.25. The fourth-order valence-electron chi connectivity index (χ4n) is 2.82. The van der Waals surface area contributed by atoms with Crippen LogP contribution in [0.1, 0.15) is 26.5 Å². The predicted octanol–water partition coefficient (Wildman–Crippen LogP) is 4.53. The van der Waals surface area contributed by atoms with E-state index in [1.807, 2.05) is 24.3 Å². The van der Waals surface area contributed by atoms with Crippen molar-refractivity contribution in [3.63, 3.8) is 0 Å². The molecule has 0 aliphatic carbocycles. The monoisotopic (exact) mass is 419 g/mol. The van der Waals surface area contributed by atoms with Crippen LogP contribution in [0, 0.1) is 5.82 Å². The van der Waals surface area contributed by atoms with Gasteiger partial charge in [-0.2, -0.15) is 0 Å². The van der Waals surface area contributed by atoms with Crippen LogP contribution in [0.3, 0.4) is 0 Å². The molecule has 0 aliphatic heterocycles. The van der Waals surface area contributed by atoms with Crippen LogP contribution in [0.4, 0.5) is 15.2 Å². The van der Waals surface area contributed by atoms with Gasteiger partial charge in [0.1, 0.15) is 10.8 Å². The standard InChI is InChI=1S/C22H18FN5OS/c23-18-6-4-15(5-7-18)13-20-27-28-22(30-20)25-14-16-2-1-3-19(12-16)26-21(29)17-8-10-24-11-9-17/h1-12H,13-14H2,(H,25,28)(H,26,29). The Kier molecular flexibility index (Phi) is 6.05. The van der Waals surface area contributed by atoms with Crippen LogP contribution in [-0.2, 0) is 13.0 Å². The quantitative estimate of drug-likeness (QED) is 0.460. The first-order valence-corrected chi connectivity index (χ1v) is 10.1. The highest BCUT2D eigenvalue weighted by Crippen LogP contribution is 2.20. The minimum absolute atomic E-state index is 0.183. The van der Waals surface area contributed by atoms with Crippen LogP contribution in [0.5, 0.6) is 0 Å². The number of carbonyl (C=O) groups is 1. The first-order chi connectivity index (χ1) is 14.7. The Bertz CT molecular complexity index is 1130. The number of aromatic nitrogens is 3. The molecule has 6 nitrogen and oxygen atoms in total. The van der Waals surface area contributed by atoms with E-state index >= 15 is 0 Å². The van der Waals surface area contributed by atoms with E-state index in [2.05, 4.69) is 25.8 Å². The lowest BCUT2D eigenvalue weighted by atomic mass is 10.2. The highest BCUT2D eigenvalue weighted by Gasteiger charge is 2.08. The highest BCUT2D eigenvalue weighted by atomic mass is 32.1. The highest BCUT2D eigenvalue weighted by molar-refractivity contribution is 7.15. The zero-order valence-electron chi connectivity index (χ0n) is 15.9. The molecular formula is C22H18FN5OS. The van der Waals surface area contributed by atoms with Crippen molar-refractivity contribution in [2.45, 2.75) is 13.0 Å². The Balaban J connectivity index is 1.34. The maximum Gasteiger partial charge on any atom is 0.255 e. The minimum atomic E-state index is -0.252. The van der Waals surface area contributed by atoms with E-state index in [9.17, 15) is 9.18 Å². The molecule has 0 saturated carbocycles. The molecule has 30 heavy (non-hydrogen) atoms. The molecule has 4 rings (SSSR count). The van der Waals surface area contributed by atoms with Crippen molar-refractivity contribution in [1.29, 1.82) is 0 Å². The van der Waals surface area contributed by atoms with Crippen molar-refractivity contribution in [3.8, 4) is 0 Å². The van der Waals surface area contributed by atoms with Gasteiger partial charge in [0.15, 0.2) is 0 Å². The number of rotatable bonds is 7. The number of nitrogens with one attached hydrogen (secondary N) is 2. The molecule has 0 radical (unpaired) electrons. The van der Waals surface area contributed by atoms with Crippen LogP contribution < -0.4 is 10.6 Å². The van der Waals surface area contributed by atoms with Gasteiger partial charge in [0.2, 0.25) is 5.13 Å². The number of hydrogen-bond acceptors (Lipinski definition) is 6. The minimum Gasteiger partial charge on any atom is -0.356 e. The van der Waals surface area contributed by atoms with Gasteiger partial charge in [-0.05, 0) is 47.5 Å². The summed E-state index contributed by atoms with van der Waals surface area (Å²) in [5.74, 6) is -0.436. The molecule has 0 unspecified atom stereocenters. The van der Waals surface area contributed by atoms with Crippen LogP contribution in [0.2, 0.25) is 0 Å². The van der Waals surface area contributed by atoms with E-state index in [0.717, 1.165) is 16.1 Å². The van der Waals surface area contributed by atoms with Crippen LogP contribution in [0.15, 0.2) is 73.1 Å². The SMILES string of the molecule is O=C(Nc1cccc(CNc2nnc(Cc3ccc(F)cc3)s2)c1)c1ccncc1. The lowest BCUT2D eigenvalue weighted by Crippen LogP contribution is -2.12. The van der Waals surface area contributed by atoms with Crippen molar-refractivity contribution < 1.29 is 9.18 Å². The van der Waals surface area contributed by atoms with Crippen LogP contribution in [0.25, 0.3) is 0 Å². The molecule has 2 aromatic carbocycles. The van der Waals surface area contributed by atoms with E-state index in [4.69, 9.17) is 0 Å². The molecule has 0 spiro atoms. The lowest BCUT2D eigenvalue weighted by molar-refractivity contribution is 0.102. The van der Waals surface area contributed by atoms with Gasteiger partial charge in [0.25, 0.3) is 5.91 Å². The molecular weight excluding hydrogens is 401 g/mol. The average Bonchev–Trinajstić information content (AvgIpc) is 3.22. The summed E-state index contributed by atoms with van der Waals surface area (Å²) in [6, 6.07) is 17.3. The largest absolute Gasteiger partial charge is 0.356 e. The van der Waals surface area contributed by atoms with Crippen molar-refractivity contribution in [1.82, 2.24) is 15.2 Å². The fraction of sp³-hybridized carbons (Fsp3) is 0.0909. The topological polar surface area (TPSA) is 79.8 Å². The van der Waals surface area contributed by atoms with Crippen molar-refractivity contribution in [2.24, 2.45) is 0 Å². The smallest absolute Gasteiger partial charge is 0.255 e. The number of hydrogen-bond donors (Lipinski definition) is 2. The van der Waals surface area contributed by atoms with Crippen molar-refractivity contribution in [3.05, 3.63) is 101 Å². The molecule has 0 fully saturated rings. The number of amides is 1. The predicted molar refractivity (Wildman–Crippen MR) is 115 cm³/mol. The molecule has 0 saturated heterocycles. The van der Waals surface area contributed by atoms with E-state index in [1.54, 1.807) is 36.7 Å². The van der Waals surface area contributed by atoms with Gasteiger partial charge in [-0.25, -0.2) is 4.39 Å². The second-order valence-corrected chi connectivity index (χ2v) is 7.61. The third-order valence-electron chi connectivity index (χ3n) is 4.31. The van der Waals surface area contributed by atoms with Gasteiger partial charge in [-0.15, -0.1) is 10.2 Å². The third kappa shape index (κ3) is 5.24. The first-order valence-electron chi connectivity index (χ1n) is 9.27. The van der Waals surface area contributed by atoms with Gasteiger partial charge in [-0.3, -0.25) is 9.78 Å². The van der Waals surface area contributed by atoms with Gasteiger partial charge >= 0.3 is 0 Å². The second-order valence-electron chi connectivity index (χ2n) is 6.55. The fourth-order valence-corrected chi connectivity index (χ4v) is 3.59. The van der Waals surface area contributed by atoms with E-state index in [-0.39, 0.29) is 11.7 Å². The summed E-state index contributed by atoms with van der Waals surface area (Å²) < 4.78 is 13.0. The van der Waals surface area contributed by atoms with Crippen molar-refractivity contribution in [2.75, 3.05) is 10.6 Å². The zero-order chi connectivity index (χ0) is 20.8. The molecule has 2 aromatic heterocycles. The summed E-state index contributed by atoms with van der Waals surface area (Å²) in [4.78, 5) is 16.2. The number of anilines is 2. The Hall–Kier alpha value is -3.65. The molecule has 1 amide bonds. The van der Waals surface area contributed by atoms with Gasteiger partial charge in [0.05, 0.1) is 0 Å². The molecule has 0 bridgehead atoms. The Morgan fingerprint density at radius 3 is 2.57 bits per heavy atom. The summed E-state index contributed by atoms with van der Waals surface area (Å²) in [5, 5.41) is 16.0. The molecule has 4 aromatic rings. The van der Waals surface area contributed by atoms with Gasteiger partial charge in [-0.1, -0.05) is 35.6 Å². The second kappa shape index (κ2) is 9.23. The summed E-state index contributed by atoms with van der Waals surface area (Å²) in [7, 11) is 0. The van der Waals surface area contributed by atoms with Crippen LogP contribution in [-0.4, -0.2) is 21.1 Å². The lowest BCUT2D eigenvalue weighted by Gasteiger charge is -2.08. The molecule has 150 valence electrons. The number of carbonyl (C=O) groups excluding carboxylic acids is 1. The number of nitrogens with zero attached hydrogens (tertiary/aromatic N) is 3. The van der Waals surface area contributed by atoms with E-state index < -0.39 is 0 Å². The Morgan fingerprint density at radius 1 is 0.967 bits per heavy atom. The summed E-state index contributed by atoms with van der Waals surface area (Å²) in [6.45, 7) is 0.546. The molecule has 0 atom stereocenters. The van der Waals surface area contributed by atoms with E-state index in [0.29, 0.717) is 29.3 Å². The van der Waals surface area contributed by atoms with Gasteiger partial charge in [0, 0.05) is 36.6 Å². The Morgan fingerprint density at radius 2 is 1.77 bits per heavy atom. The molecule has 0 aliphatic rings. The maximum absolute atomic E-state index is 13.0.